The van der Waals surface area contributed by atoms with Gasteiger partial charge in [-0.1, -0.05) is 67.5 Å². The van der Waals surface area contributed by atoms with Crippen LogP contribution in [0.5, 0.6) is 0 Å². The lowest BCUT2D eigenvalue weighted by molar-refractivity contribution is -0.311. The number of hydrogen-bond acceptors (Lipinski definition) is 16. The number of hydrogen-bond donors (Lipinski definition) is 3. The number of aliphatic hydroxyl groups excluding tert-OH is 2. The summed E-state index contributed by atoms with van der Waals surface area (Å²) in [4.78, 5) is 42.9. The second kappa shape index (κ2) is 17.9. The highest BCUT2D eigenvalue weighted by Gasteiger charge is 2.73. The van der Waals surface area contributed by atoms with Gasteiger partial charge in [0.1, 0.15) is 24.4 Å². The van der Waals surface area contributed by atoms with Crippen LogP contribution >= 0.6 is 0 Å². The molecule has 0 amide bonds. The van der Waals surface area contributed by atoms with Crippen LogP contribution in [0.3, 0.4) is 0 Å². The highest BCUT2D eigenvalue weighted by molar-refractivity contribution is 6.56. The molecule has 0 aromatic heterocycles. The summed E-state index contributed by atoms with van der Waals surface area (Å²) in [7, 11) is 0. The molecule has 0 aliphatic carbocycles. The standard InChI is InChI=1S/C45H73BNO15/c1-24(2)36(47)39(50)54-27(5)30-16-12-11-13-17-32(48)42(7,8)34-21-19-26(4)45(57-34)38-41(52)56-31-23-29(53-28(31)6)15-14-18-33(49)43(9,10)35-22-20-25(3)44(58-35)37(40(51)55-30)59-46(60-38,61-44)62-45/h11-12,24-38,48-49H,13-23,47H2,1-10H3/q-1/t25-,26-,27-,28-,29-,30+,31+,32+,33-,34+,35+,36-,37+,38+,44+,45+,46?/m1/s1. The lowest BCUT2D eigenvalue weighted by Gasteiger charge is -2.52. The van der Waals surface area contributed by atoms with E-state index in [-0.39, 0.29) is 18.4 Å². The number of allylic oxidation sites excluding steroid dienone is 1. The van der Waals surface area contributed by atoms with E-state index in [4.69, 9.17) is 52.8 Å². The van der Waals surface area contributed by atoms with Gasteiger partial charge in [-0.3, -0.25) is 4.79 Å². The van der Waals surface area contributed by atoms with Crippen LogP contribution in [0.25, 0.3) is 0 Å². The highest BCUT2D eigenvalue weighted by atomic mass is 17.0. The lowest BCUT2D eigenvalue weighted by atomic mass is 9.73. The van der Waals surface area contributed by atoms with Gasteiger partial charge in [0, 0.05) is 35.5 Å². The van der Waals surface area contributed by atoms with Gasteiger partial charge in [0.25, 0.3) is 0 Å². The van der Waals surface area contributed by atoms with Crippen molar-refractivity contribution in [2.24, 2.45) is 34.3 Å². The molecule has 7 rings (SSSR count). The molecule has 62 heavy (non-hydrogen) atoms. The van der Waals surface area contributed by atoms with Crippen molar-refractivity contribution in [3.63, 3.8) is 0 Å². The van der Waals surface area contributed by atoms with Crippen LogP contribution in [0.1, 0.15) is 140 Å². The second-order valence-electron chi connectivity index (χ2n) is 20.9. The summed E-state index contributed by atoms with van der Waals surface area (Å²) in [6.07, 6.45) is -0.362. The zero-order chi connectivity index (χ0) is 45.2. The first-order chi connectivity index (χ1) is 29.0. The maximum Gasteiger partial charge on any atom is 0.536 e. The van der Waals surface area contributed by atoms with Crippen molar-refractivity contribution in [1.29, 1.82) is 0 Å². The monoisotopic (exact) mass is 879 g/mol. The van der Waals surface area contributed by atoms with Crippen molar-refractivity contribution in [2.45, 2.75) is 225 Å². The number of aliphatic hydroxyl groups is 2. The Morgan fingerprint density at radius 2 is 1.34 bits per heavy atom. The second-order valence-corrected chi connectivity index (χ2v) is 20.9. The Hall–Kier alpha value is -2.19. The Bertz CT molecular complexity index is 1680. The van der Waals surface area contributed by atoms with E-state index in [1.165, 1.54) is 0 Å². The average molecular weight is 879 g/mol. The zero-order valence-corrected chi connectivity index (χ0v) is 38.4. The largest absolute Gasteiger partial charge is 0.536 e. The molecule has 16 nitrogen and oxygen atoms in total. The molecule has 0 aromatic carbocycles. The van der Waals surface area contributed by atoms with Crippen molar-refractivity contribution < 1.29 is 71.6 Å². The van der Waals surface area contributed by atoms with Crippen LogP contribution in [0.15, 0.2) is 12.2 Å². The molecular formula is C45H73BNO15-. The number of fused-ring (bicyclic) bond motifs is 6. The third kappa shape index (κ3) is 8.78. The minimum Gasteiger partial charge on any atom is -0.504 e. The van der Waals surface area contributed by atoms with Crippen LogP contribution in [0.4, 0.5) is 0 Å². The van der Waals surface area contributed by atoms with E-state index < -0.39 is 126 Å². The van der Waals surface area contributed by atoms with Crippen LogP contribution in [-0.4, -0.2) is 120 Å². The summed E-state index contributed by atoms with van der Waals surface area (Å²) in [5, 5.41) is 23.6. The van der Waals surface area contributed by atoms with Crippen LogP contribution in [0.2, 0.25) is 0 Å². The summed E-state index contributed by atoms with van der Waals surface area (Å²) >= 11 is 0. The van der Waals surface area contributed by atoms with Gasteiger partial charge in [-0.15, -0.1) is 0 Å². The number of esters is 3. The average Bonchev–Trinajstić information content (AvgIpc) is 3.84. The van der Waals surface area contributed by atoms with Gasteiger partial charge in [-0.25, -0.2) is 9.59 Å². The summed E-state index contributed by atoms with van der Waals surface area (Å²) in [5.74, 6) is -7.31. The molecule has 1 unspecified atom stereocenters. The minimum absolute atomic E-state index is 0.142. The van der Waals surface area contributed by atoms with Gasteiger partial charge < -0.3 is 63.0 Å². The maximum atomic E-state index is 15.0. The molecule has 17 heteroatoms. The first kappa shape index (κ1) is 47.8. The molecule has 6 fully saturated rings. The quantitative estimate of drug-likeness (QED) is 0.149. The van der Waals surface area contributed by atoms with E-state index in [1.807, 2.05) is 74.5 Å². The molecule has 0 saturated carbocycles. The number of rotatable bonds is 4. The van der Waals surface area contributed by atoms with Gasteiger partial charge in [0.05, 0.1) is 36.6 Å². The Labute approximate surface area is 366 Å². The Morgan fingerprint density at radius 1 is 0.790 bits per heavy atom. The van der Waals surface area contributed by atoms with E-state index in [0.717, 1.165) is 0 Å². The summed E-state index contributed by atoms with van der Waals surface area (Å²) in [5.41, 5.74) is 4.48. The van der Waals surface area contributed by atoms with Crippen molar-refractivity contribution >= 4 is 24.9 Å². The molecule has 9 bridgehead atoms. The predicted molar refractivity (Wildman–Crippen MR) is 223 cm³/mol. The molecule has 7 aliphatic rings. The third-order valence-electron chi connectivity index (χ3n) is 15.5. The van der Waals surface area contributed by atoms with Crippen molar-refractivity contribution in [3.05, 3.63) is 12.2 Å². The molecule has 0 aromatic rings. The number of ether oxygens (including phenoxy) is 6. The third-order valence-corrected chi connectivity index (χ3v) is 15.5. The van der Waals surface area contributed by atoms with E-state index in [9.17, 15) is 19.8 Å². The first-order valence-electron chi connectivity index (χ1n) is 23.3. The fourth-order valence-electron chi connectivity index (χ4n) is 10.6. The highest BCUT2D eigenvalue weighted by Crippen LogP contribution is 2.57. The molecule has 0 radical (unpaired) electrons. The number of nitrogens with two attached hydrogens (primary N) is 1. The molecule has 4 N–H and O–H groups in total. The van der Waals surface area contributed by atoms with Crippen LogP contribution in [0, 0.1) is 28.6 Å². The first-order valence-corrected chi connectivity index (χ1v) is 23.3. The van der Waals surface area contributed by atoms with Gasteiger partial charge in [0.15, 0.2) is 23.8 Å². The van der Waals surface area contributed by atoms with Crippen LogP contribution < -0.4 is 5.73 Å². The van der Waals surface area contributed by atoms with Gasteiger partial charge in [0.2, 0.25) is 0 Å². The lowest BCUT2D eigenvalue weighted by Crippen LogP contribution is -2.61. The zero-order valence-electron chi connectivity index (χ0n) is 38.4. The Morgan fingerprint density at radius 3 is 1.90 bits per heavy atom. The Kier molecular flexibility index (Phi) is 13.8. The summed E-state index contributed by atoms with van der Waals surface area (Å²) in [6.45, 7) is 15.1. The topological polar surface area (TPSA) is 210 Å². The number of carbonyl (C=O) groups is 3. The minimum atomic E-state index is -3.53. The SMILES string of the molecule is CC(C)[C@@H](N)C(=O)O[C@H](C)[C@@H]1CC=CCC[C@H](O)C(C)(C)[C@@H]2CC[C@@H](C)[C@]3(O2)O[B-]24O[C@@H](C(=O)O1)[C@@]1(O[C@@H](CC[C@H]1C)C(C)(C)[C@H](O)CCC[C@@H]1C[C@H](OC(=O)[C@@H]3O2)[C@@H](C)O1)O4. The molecule has 17 atom stereocenters. The van der Waals surface area contributed by atoms with E-state index in [1.54, 1.807) is 6.92 Å². The Balaban J connectivity index is 1.36. The van der Waals surface area contributed by atoms with Crippen molar-refractivity contribution in [3.8, 4) is 0 Å². The van der Waals surface area contributed by atoms with Gasteiger partial charge in [-0.05, 0) is 77.6 Å². The molecule has 7 aliphatic heterocycles. The van der Waals surface area contributed by atoms with E-state index in [2.05, 4.69) is 0 Å². The van der Waals surface area contributed by atoms with Crippen LogP contribution in [-0.2, 0) is 61.4 Å². The molecule has 7 heterocycles. The smallest absolute Gasteiger partial charge is 0.504 e. The maximum absolute atomic E-state index is 15.0. The molecule has 352 valence electrons. The van der Waals surface area contributed by atoms with Crippen molar-refractivity contribution in [1.82, 2.24) is 0 Å². The van der Waals surface area contributed by atoms with Gasteiger partial charge in [-0.2, -0.15) is 0 Å². The van der Waals surface area contributed by atoms with Crippen molar-refractivity contribution in [2.75, 3.05) is 0 Å². The number of cyclic esters (lactones) is 1. The molecule has 3 spiro atoms. The number of carbonyl (C=O) groups excluding carboxylic acids is 3. The normalized spacial score (nSPS) is 45.8. The van der Waals surface area contributed by atoms with Gasteiger partial charge >= 0.3 is 24.9 Å². The summed E-state index contributed by atoms with van der Waals surface area (Å²) < 4.78 is 66.0. The predicted octanol–water partition coefficient (Wildman–Crippen LogP) is 4.89. The fraction of sp³-hybridized carbons (Fsp3) is 0.889. The molecular weight excluding hydrogens is 805 g/mol. The summed E-state index contributed by atoms with van der Waals surface area (Å²) in [6, 6.07) is -0.902. The van der Waals surface area contributed by atoms with E-state index in [0.29, 0.717) is 64.2 Å². The molecule has 6 saturated heterocycles. The fourth-order valence-corrected chi connectivity index (χ4v) is 10.6. The van der Waals surface area contributed by atoms with E-state index >= 15 is 4.79 Å².